The minimum absolute atomic E-state index is 0.0966. The van der Waals surface area contributed by atoms with E-state index in [0.717, 1.165) is 23.2 Å². The summed E-state index contributed by atoms with van der Waals surface area (Å²) in [6.07, 6.45) is 1.46. The number of carbonyl (C=O) groups excluding carboxylic acids is 1. The summed E-state index contributed by atoms with van der Waals surface area (Å²) in [5, 5.41) is 2.87. The largest absolute Gasteiger partial charge is 0.399 e. The molecule has 0 fully saturated rings. The Morgan fingerprint density at radius 3 is 2.87 bits per heavy atom. The van der Waals surface area contributed by atoms with Gasteiger partial charge in [0, 0.05) is 18.7 Å². The van der Waals surface area contributed by atoms with Crippen LogP contribution in [-0.2, 0) is 11.3 Å². The number of rotatable bonds is 4. The monoisotopic (exact) mass is 206 g/mol. The number of carbonyl (C=O) groups is 1. The van der Waals surface area contributed by atoms with E-state index in [9.17, 15) is 4.79 Å². The van der Waals surface area contributed by atoms with Crippen LogP contribution in [0, 0.1) is 6.92 Å². The van der Waals surface area contributed by atoms with Gasteiger partial charge in [-0.15, -0.1) is 0 Å². The van der Waals surface area contributed by atoms with Crippen molar-refractivity contribution in [3.63, 3.8) is 0 Å². The molecular weight excluding hydrogens is 188 g/mol. The Labute approximate surface area is 90.7 Å². The van der Waals surface area contributed by atoms with Crippen molar-refractivity contribution in [2.45, 2.75) is 33.2 Å². The lowest BCUT2D eigenvalue weighted by molar-refractivity contribution is -0.121. The molecule has 15 heavy (non-hydrogen) atoms. The first-order chi connectivity index (χ1) is 7.15. The van der Waals surface area contributed by atoms with Crippen LogP contribution in [0.3, 0.4) is 0 Å². The number of anilines is 1. The summed E-state index contributed by atoms with van der Waals surface area (Å²) in [5.74, 6) is 0.0966. The number of amides is 1. The Balaban J connectivity index is 2.58. The Morgan fingerprint density at radius 2 is 2.20 bits per heavy atom. The molecule has 0 heterocycles. The summed E-state index contributed by atoms with van der Waals surface area (Å²) in [6, 6.07) is 5.76. The molecule has 0 radical (unpaired) electrons. The zero-order valence-corrected chi connectivity index (χ0v) is 9.34. The standard InChI is InChI=1S/C12H18N2O/c1-3-5-12(15)14-8-10-6-4-7-11(13)9(10)2/h4,6-7H,3,5,8,13H2,1-2H3,(H,14,15). The Bertz CT molecular complexity index is 347. The quantitative estimate of drug-likeness (QED) is 0.740. The van der Waals surface area contributed by atoms with E-state index in [2.05, 4.69) is 5.32 Å². The molecule has 1 rings (SSSR count). The van der Waals surface area contributed by atoms with E-state index in [1.165, 1.54) is 0 Å². The second-order valence-corrected chi connectivity index (χ2v) is 3.66. The number of nitrogen functional groups attached to an aromatic ring is 1. The third-order valence-corrected chi connectivity index (χ3v) is 2.44. The van der Waals surface area contributed by atoms with Crippen LogP contribution in [0.5, 0.6) is 0 Å². The molecule has 0 aromatic heterocycles. The van der Waals surface area contributed by atoms with Crippen molar-refractivity contribution in [1.82, 2.24) is 5.32 Å². The molecule has 0 unspecified atom stereocenters. The van der Waals surface area contributed by atoms with Crippen molar-refractivity contribution in [1.29, 1.82) is 0 Å². The van der Waals surface area contributed by atoms with Crippen LogP contribution in [0.25, 0.3) is 0 Å². The van der Waals surface area contributed by atoms with Gasteiger partial charge in [0.2, 0.25) is 5.91 Å². The van der Waals surface area contributed by atoms with E-state index in [1.54, 1.807) is 0 Å². The highest BCUT2D eigenvalue weighted by molar-refractivity contribution is 5.75. The normalized spacial score (nSPS) is 10.0. The fourth-order valence-electron chi connectivity index (χ4n) is 1.40. The topological polar surface area (TPSA) is 55.1 Å². The van der Waals surface area contributed by atoms with E-state index < -0.39 is 0 Å². The predicted molar refractivity (Wildman–Crippen MR) is 62.3 cm³/mol. The molecule has 0 aliphatic rings. The SMILES string of the molecule is CCCC(=O)NCc1cccc(N)c1C. The van der Waals surface area contributed by atoms with Crippen molar-refractivity contribution in [3.05, 3.63) is 29.3 Å². The molecule has 0 atom stereocenters. The van der Waals surface area contributed by atoms with Crippen LogP contribution in [0.15, 0.2) is 18.2 Å². The minimum atomic E-state index is 0.0966. The van der Waals surface area contributed by atoms with Gasteiger partial charge in [0.15, 0.2) is 0 Å². The Hall–Kier alpha value is -1.51. The number of nitrogens with one attached hydrogen (secondary N) is 1. The van der Waals surface area contributed by atoms with Gasteiger partial charge in [0.25, 0.3) is 0 Å². The van der Waals surface area contributed by atoms with Crippen LogP contribution in [0.4, 0.5) is 5.69 Å². The van der Waals surface area contributed by atoms with Crippen LogP contribution in [-0.4, -0.2) is 5.91 Å². The molecule has 3 nitrogen and oxygen atoms in total. The first kappa shape index (κ1) is 11.6. The highest BCUT2D eigenvalue weighted by Gasteiger charge is 2.03. The Kier molecular flexibility index (Phi) is 4.16. The van der Waals surface area contributed by atoms with Crippen molar-refractivity contribution in [3.8, 4) is 0 Å². The van der Waals surface area contributed by atoms with E-state index >= 15 is 0 Å². The van der Waals surface area contributed by atoms with Gasteiger partial charge in [-0.25, -0.2) is 0 Å². The molecule has 1 amide bonds. The fourth-order valence-corrected chi connectivity index (χ4v) is 1.40. The minimum Gasteiger partial charge on any atom is -0.399 e. The molecule has 3 N–H and O–H groups in total. The maximum atomic E-state index is 11.3. The van der Waals surface area contributed by atoms with Gasteiger partial charge in [-0.1, -0.05) is 19.1 Å². The summed E-state index contributed by atoms with van der Waals surface area (Å²) in [4.78, 5) is 11.3. The van der Waals surface area contributed by atoms with E-state index in [-0.39, 0.29) is 5.91 Å². The van der Waals surface area contributed by atoms with Crippen LogP contribution in [0.1, 0.15) is 30.9 Å². The van der Waals surface area contributed by atoms with Crippen LogP contribution >= 0.6 is 0 Å². The fraction of sp³-hybridized carbons (Fsp3) is 0.417. The third kappa shape index (κ3) is 3.27. The van der Waals surface area contributed by atoms with Crippen LogP contribution in [0.2, 0.25) is 0 Å². The summed E-state index contributed by atoms with van der Waals surface area (Å²) < 4.78 is 0. The van der Waals surface area contributed by atoms with Gasteiger partial charge < -0.3 is 11.1 Å². The number of nitrogens with two attached hydrogens (primary N) is 1. The van der Waals surface area contributed by atoms with Crippen LogP contribution < -0.4 is 11.1 Å². The predicted octanol–water partition coefficient (Wildman–Crippen LogP) is 1.99. The van der Waals surface area contributed by atoms with Crippen molar-refractivity contribution in [2.75, 3.05) is 5.73 Å². The summed E-state index contributed by atoms with van der Waals surface area (Å²) in [6.45, 7) is 4.53. The number of benzene rings is 1. The second-order valence-electron chi connectivity index (χ2n) is 3.66. The van der Waals surface area contributed by atoms with Gasteiger partial charge in [0.1, 0.15) is 0 Å². The van der Waals surface area contributed by atoms with Crippen molar-refractivity contribution < 1.29 is 4.79 Å². The van der Waals surface area contributed by atoms with Gasteiger partial charge in [-0.3, -0.25) is 4.79 Å². The van der Waals surface area contributed by atoms with Gasteiger partial charge in [-0.2, -0.15) is 0 Å². The van der Waals surface area contributed by atoms with Crippen molar-refractivity contribution in [2.24, 2.45) is 0 Å². The van der Waals surface area contributed by atoms with E-state index in [0.29, 0.717) is 13.0 Å². The number of hydrogen-bond donors (Lipinski definition) is 2. The highest BCUT2D eigenvalue weighted by atomic mass is 16.1. The average molecular weight is 206 g/mol. The molecule has 1 aromatic rings. The zero-order valence-electron chi connectivity index (χ0n) is 9.34. The van der Waals surface area contributed by atoms with Crippen molar-refractivity contribution >= 4 is 11.6 Å². The first-order valence-electron chi connectivity index (χ1n) is 5.25. The van der Waals surface area contributed by atoms with Gasteiger partial charge >= 0.3 is 0 Å². The van der Waals surface area contributed by atoms with Gasteiger partial charge in [0.05, 0.1) is 0 Å². The highest BCUT2D eigenvalue weighted by Crippen LogP contribution is 2.14. The molecule has 0 saturated heterocycles. The lowest BCUT2D eigenvalue weighted by atomic mass is 10.1. The van der Waals surface area contributed by atoms with E-state index in [4.69, 9.17) is 5.73 Å². The lowest BCUT2D eigenvalue weighted by Crippen LogP contribution is -2.22. The molecule has 3 heteroatoms. The third-order valence-electron chi connectivity index (χ3n) is 2.44. The summed E-state index contributed by atoms with van der Waals surface area (Å²) in [7, 11) is 0. The molecule has 0 spiro atoms. The molecular formula is C12H18N2O. The molecule has 0 aliphatic heterocycles. The zero-order chi connectivity index (χ0) is 11.3. The number of hydrogen-bond acceptors (Lipinski definition) is 2. The molecule has 1 aromatic carbocycles. The maximum Gasteiger partial charge on any atom is 0.220 e. The summed E-state index contributed by atoms with van der Waals surface area (Å²) >= 11 is 0. The Morgan fingerprint density at radius 1 is 1.47 bits per heavy atom. The van der Waals surface area contributed by atoms with Gasteiger partial charge in [-0.05, 0) is 30.5 Å². The molecule has 0 saturated carbocycles. The second kappa shape index (κ2) is 5.39. The summed E-state index contributed by atoms with van der Waals surface area (Å²) in [5.41, 5.74) is 8.68. The average Bonchev–Trinajstić information content (AvgIpc) is 2.21. The first-order valence-corrected chi connectivity index (χ1v) is 5.25. The molecule has 0 aliphatic carbocycles. The smallest absolute Gasteiger partial charge is 0.220 e. The maximum absolute atomic E-state index is 11.3. The molecule has 82 valence electrons. The lowest BCUT2D eigenvalue weighted by Gasteiger charge is -2.09. The van der Waals surface area contributed by atoms with E-state index in [1.807, 2.05) is 32.0 Å². The molecule has 0 bridgehead atoms.